The number of para-hydroxylation sites is 1. The lowest BCUT2D eigenvalue weighted by Gasteiger charge is -2.23. The molecule has 0 N–H and O–H groups in total. The van der Waals surface area contributed by atoms with E-state index in [1.165, 1.54) is 4.90 Å². The summed E-state index contributed by atoms with van der Waals surface area (Å²) in [6, 6.07) is 12.2. The van der Waals surface area contributed by atoms with Crippen molar-refractivity contribution in [3.8, 4) is 0 Å². The van der Waals surface area contributed by atoms with Crippen molar-refractivity contribution in [2.75, 3.05) is 23.4 Å². The Bertz CT molecular complexity index is 865. The first-order valence-electron chi connectivity index (χ1n) is 7.92. The molecule has 6 heteroatoms. The third kappa shape index (κ3) is 2.70. The summed E-state index contributed by atoms with van der Waals surface area (Å²) >= 11 is 6.05. The van der Waals surface area contributed by atoms with E-state index in [0.29, 0.717) is 24.1 Å². The Labute approximate surface area is 150 Å². The number of carbonyl (C=O) groups is 3. The second-order valence-corrected chi connectivity index (χ2v) is 6.17. The maximum Gasteiger partial charge on any atom is 0.244 e. The number of nitrogens with zero attached hydrogens (tertiary/aromatic N) is 2. The number of carbonyl (C=O) groups excluding carboxylic acids is 3. The lowest BCUT2D eigenvalue weighted by Crippen LogP contribution is -2.38. The van der Waals surface area contributed by atoms with Gasteiger partial charge in [0.2, 0.25) is 11.8 Å². The van der Waals surface area contributed by atoms with Crippen molar-refractivity contribution < 1.29 is 14.4 Å². The molecular weight excluding hydrogens is 340 g/mol. The summed E-state index contributed by atoms with van der Waals surface area (Å²) in [6.45, 7) is 2.35. The molecule has 1 aliphatic heterocycles. The number of hydrogen-bond donors (Lipinski definition) is 0. The molecule has 0 saturated carbocycles. The molecule has 1 atom stereocenters. The van der Waals surface area contributed by atoms with E-state index in [2.05, 4.69) is 0 Å². The first-order valence-corrected chi connectivity index (χ1v) is 8.30. The summed E-state index contributed by atoms with van der Waals surface area (Å²) < 4.78 is 0. The predicted molar refractivity (Wildman–Crippen MR) is 97.5 cm³/mol. The van der Waals surface area contributed by atoms with Crippen LogP contribution in [0.3, 0.4) is 0 Å². The third-order valence-electron chi connectivity index (χ3n) is 4.45. The minimum Gasteiger partial charge on any atom is -0.314 e. The summed E-state index contributed by atoms with van der Waals surface area (Å²) in [5.41, 5.74) is 2.04. The Morgan fingerprint density at radius 3 is 2.64 bits per heavy atom. The maximum absolute atomic E-state index is 13.1. The smallest absolute Gasteiger partial charge is 0.244 e. The van der Waals surface area contributed by atoms with Gasteiger partial charge in [-0.15, -0.1) is 0 Å². The SMILES string of the molecule is CCN1C(=O)C(C(=O)N(C)c2cccc(Cl)c2C=O)c2ccccc21. The predicted octanol–water partition coefficient (Wildman–Crippen LogP) is 3.27. The molecule has 0 aromatic heterocycles. The summed E-state index contributed by atoms with van der Waals surface area (Å²) in [5, 5.41) is 0.264. The van der Waals surface area contributed by atoms with Crippen LogP contribution in [0.2, 0.25) is 5.02 Å². The van der Waals surface area contributed by atoms with Crippen LogP contribution in [0.1, 0.15) is 28.8 Å². The van der Waals surface area contributed by atoms with Crippen molar-refractivity contribution >= 4 is 41.1 Å². The Kier molecular flexibility index (Phi) is 4.59. The van der Waals surface area contributed by atoms with Crippen molar-refractivity contribution in [1.82, 2.24) is 0 Å². The molecule has 2 aromatic rings. The molecule has 1 heterocycles. The number of amides is 2. The molecule has 0 fully saturated rings. The van der Waals surface area contributed by atoms with Crippen LogP contribution in [-0.2, 0) is 9.59 Å². The van der Waals surface area contributed by atoms with Gasteiger partial charge < -0.3 is 9.80 Å². The number of rotatable bonds is 4. The normalized spacial score (nSPS) is 15.9. The average Bonchev–Trinajstić information content (AvgIpc) is 2.91. The van der Waals surface area contributed by atoms with Gasteiger partial charge >= 0.3 is 0 Å². The van der Waals surface area contributed by atoms with Crippen molar-refractivity contribution in [2.45, 2.75) is 12.8 Å². The van der Waals surface area contributed by atoms with Crippen LogP contribution in [0, 0.1) is 0 Å². The lowest BCUT2D eigenvalue weighted by atomic mass is 9.99. The van der Waals surface area contributed by atoms with Gasteiger partial charge in [-0.2, -0.15) is 0 Å². The van der Waals surface area contributed by atoms with Gasteiger partial charge in [0.1, 0.15) is 5.92 Å². The molecule has 1 unspecified atom stereocenters. The van der Waals surface area contributed by atoms with Crippen molar-refractivity contribution in [1.29, 1.82) is 0 Å². The van der Waals surface area contributed by atoms with E-state index < -0.39 is 11.8 Å². The molecular formula is C19H17ClN2O3. The van der Waals surface area contributed by atoms with Crippen LogP contribution in [0.4, 0.5) is 11.4 Å². The minimum absolute atomic E-state index is 0.228. The summed E-state index contributed by atoms with van der Waals surface area (Å²) in [4.78, 5) is 40.1. The monoisotopic (exact) mass is 356 g/mol. The fraction of sp³-hybridized carbons (Fsp3) is 0.211. The fourth-order valence-corrected chi connectivity index (χ4v) is 3.41. The minimum atomic E-state index is -0.917. The molecule has 0 spiro atoms. The van der Waals surface area contributed by atoms with Crippen molar-refractivity contribution in [3.05, 3.63) is 58.6 Å². The molecule has 0 radical (unpaired) electrons. The van der Waals surface area contributed by atoms with Gasteiger partial charge in [-0.05, 0) is 30.7 Å². The van der Waals surface area contributed by atoms with E-state index in [-0.39, 0.29) is 16.5 Å². The molecule has 0 aliphatic carbocycles. The number of halogens is 1. The van der Waals surface area contributed by atoms with Crippen LogP contribution >= 0.6 is 11.6 Å². The lowest BCUT2D eigenvalue weighted by molar-refractivity contribution is -0.127. The standard InChI is InChI=1S/C19H17ClN2O3/c1-3-22-16-9-5-4-7-12(16)17(19(22)25)18(24)21(2)15-10-6-8-14(20)13(15)11-23/h4-11,17H,3H2,1-2H3. The first kappa shape index (κ1) is 17.2. The topological polar surface area (TPSA) is 57.7 Å². The third-order valence-corrected chi connectivity index (χ3v) is 4.78. The van der Waals surface area contributed by atoms with Gasteiger partial charge in [0.05, 0.1) is 16.3 Å². The summed E-state index contributed by atoms with van der Waals surface area (Å²) in [5.74, 6) is -1.56. The number of likely N-dealkylation sites (N-methyl/N-ethyl adjacent to an activating group) is 2. The van der Waals surface area contributed by atoms with E-state index >= 15 is 0 Å². The molecule has 0 bridgehead atoms. The van der Waals surface area contributed by atoms with Crippen molar-refractivity contribution in [2.24, 2.45) is 0 Å². The number of benzene rings is 2. The van der Waals surface area contributed by atoms with Crippen molar-refractivity contribution in [3.63, 3.8) is 0 Å². The zero-order valence-electron chi connectivity index (χ0n) is 13.9. The van der Waals surface area contributed by atoms with Crippen LogP contribution < -0.4 is 9.80 Å². The van der Waals surface area contributed by atoms with Gasteiger partial charge in [-0.25, -0.2) is 0 Å². The molecule has 1 aliphatic rings. The largest absolute Gasteiger partial charge is 0.314 e. The second kappa shape index (κ2) is 6.69. The van der Waals surface area contributed by atoms with E-state index in [0.717, 1.165) is 5.69 Å². The molecule has 3 rings (SSSR count). The Morgan fingerprint density at radius 1 is 1.24 bits per heavy atom. The molecule has 0 saturated heterocycles. The van der Waals surface area contributed by atoms with Crippen LogP contribution in [0.5, 0.6) is 0 Å². The zero-order chi connectivity index (χ0) is 18.1. The highest BCUT2D eigenvalue weighted by Crippen LogP contribution is 2.39. The van der Waals surface area contributed by atoms with E-state index in [4.69, 9.17) is 11.6 Å². The van der Waals surface area contributed by atoms with E-state index in [1.807, 2.05) is 25.1 Å². The average molecular weight is 357 g/mol. The number of anilines is 2. The molecule has 25 heavy (non-hydrogen) atoms. The molecule has 128 valence electrons. The number of fused-ring (bicyclic) bond motifs is 1. The van der Waals surface area contributed by atoms with E-state index in [9.17, 15) is 14.4 Å². The van der Waals surface area contributed by atoms with Crippen LogP contribution in [0.25, 0.3) is 0 Å². The fourth-order valence-electron chi connectivity index (χ4n) is 3.20. The molecule has 2 aromatic carbocycles. The van der Waals surface area contributed by atoms with Gasteiger partial charge in [0.15, 0.2) is 6.29 Å². The number of aldehydes is 1. The van der Waals surface area contributed by atoms with Crippen LogP contribution in [0.15, 0.2) is 42.5 Å². The Balaban J connectivity index is 2.03. The first-order chi connectivity index (χ1) is 12.0. The highest BCUT2D eigenvalue weighted by molar-refractivity contribution is 6.34. The zero-order valence-corrected chi connectivity index (χ0v) is 14.7. The van der Waals surface area contributed by atoms with Gasteiger partial charge in [-0.3, -0.25) is 14.4 Å². The number of hydrogen-bond acceptors (Lipinski definition) is 3. The van der Waals surface area contributed by atoms with E-state index in [1.54, 1.807) is 36.2 Å². The summed E-state index contributed by atoms with van der Waals surface area (Å²) in [7, 11) is 1.55. The Hall–Kier alpha value is -2.66. The molecule has 2 amide bonds. The van der Waals surface area contributed by atoms with Crippen LogP contribution in [-0.4, -0.2) is 31.7 Å². The highest BCUT2D eigenvalue weighted by atomic mass is 35.5. The van der Waals surface area contributed by atoms with Gasteiger partial charge in [0, 0.05) is 19.3 Å². The molecule has 5 nitrogen and oxygen atoms in total. The maximum atomic E-state index is 13.1. The van der Waals surface area contributed by atoms with Gasteiger partial charge in [0.25, 0.3) is 0 Å². The Morgan fingerprint density at radius 2 is 1.96 bits per heavy atom. The highest BCUT2D eigenvalue weighted by Gasteiger charge is 2.42. The summed E-state index contributed by atoms with van der Waals surface area (Å²) in [6.07, 6.45) is 0.615. The quantitative estimate of drug-likeness (QED) is 0.624. The van der Waals surface area contributed by atoms with Gasteiger partial charge in [-0.1, -0.05) is 35.9 Å². The second-order valence-electron chi connectivity index (χ2n) is 5.76.